The fourth-order valence-corrected chi connectivity index (χ4v) is 2.68. The van der Waals surface area contributed by atoms with E-state index in [0.29, 0.717) is 5.56 Å². The van der Waals surface area contributed by atoms with E-state index in [0.717, 1.165) is 23.0 Å². The molecule has 1 aliphatic heterocycles. The van der Waals surface area contributed by atoms with Crippen LogP contribution in [-0.2, 0) is 0 Å². The number of rotatable bonds is 2. The molecule has 96 valence electrons. The molecule has 1 aliphatic rings. The smallest absolute Gasteiger partial charge is 0.132 e. The van der Waals surface area contributed by atoms with E-state index in [1.807, 2.05) is 18.2 Å². The Morgan fingerprint density at radius 2 is 1.79 bits per heavy atom. The average Bonchev–Trinajstić information content (AvgIpc) is 2.89. The van der Waals surface area contributed by atoms with Crippen LogP contribution in [0.15, 0.2) is 58.0 Å². The van der Waals surface area contributed by atoms with Crippen molar-refractivity contribution in [1.29, 1.82) is 0 Å². The molecule has 3 heteroatoms. The van der Waals surface area contributed by atoms with Crippen LogP contribution in [0, 0.1) is 5.82 Å². The first kappa shape index (κ1) is 12.5. The molecule has 2 aromatic rings. The van der Waals surface area contributed by atoms with Gasteiger partial charge in [0.1, 0.15) is 5.82 Å². The summed E-state index contributed by atoms with van der Waals surface area (Å²) in [5.74, 6) is -0.183. The van der Waals surface area contributed by atoms with Crippen molar-refractivity contribution in [2.45, 2.75) is 18.9 Å². The van der Waals surface area contributed by atoms with Crippen LogP contribution >= 0.6 is 15.9 Å². The van der Waals surface area contributed by atoms with E-state index in [1.54, 1.807) is 12.1 Å². The first-order valence-corrected chi connectivity index (χ1v) is 7.10. The summed E-state index contributed by atoms with van der Waals surface area (Å²) >= 11 is 3.43. The summed E-state index contributed by atoms with van der Waals surface area (Å²) in [6.45, 7) is 0. The summed E-state index contributed by atoms with van der Waals surface area (Å²) in [6, 6.07) is 15.2. The summed E-state index contributed by atoms with van der Waals surface area (Å²) < 4.78 is 14.8. The van der Waals surface area contributed by atoms with Gasteiger partial charge in [0.25, 0.3) is 0 Å². The van der Waals surface area contributed by atoms with Gasteiger partial charge in [0.2, 0.25) is 0 Å². The molecule has 19 heavy (non-hydrogen) atoms. The van der Waals surface area contributed by atoms with Crippen molar-refractivity contribution in [3.05, 3.63) is 69.9 Å². The minimum absolute atomic E-state index is 0.155. The molecule has 0 N–H and O–H groups in total. The van der Waals surface area contributed by atoms with Crippen molar-refractivity contribution in [2.75, 3.05) is 0 Å². The molecule has 0 bridgehead atoms. The van der Waals surface area contributed by atoms with Crippen molar-refractivity contribution in [1.82, 2.24) is 0 Å². The van der Waals surface area contributed by atoms with Crippen LogP contribution in [-0.4, -0.2) is 5.71 Å². The molecule has 0 fully saturated rings. The molecule has 0 aromatic heterocycles. The maximum Gasteiger partial charge on any atom is 0.132 e. The third-order valence-corrected chi connectivity index (χ3v) is 3.93. The fraction of sp³-hybridized carbons (Fsp3) is 0.188. The van der Waals surface area contributed by atoms with E-state index in [9.17, 15) is 4.39 Å². The maximum absolute atomic E-state index is 13.7. The molecule has 1 atom stereocenters. The van der Waals surface area contributed by atoms with E-state index < -0.39 is 0 Å². The highest BCUT2D eigenvalue weighted by molar-refractivity contribution is 9.10. The lowest BCUT2D eigenvalue weighted by atomic mass is 10.0. The zero-order valence-corrected chi connectivity index (χ0v) is 11.9. The molecule has 1 nitrogen and oxygen atoms in total. The Labute approximate surface area is 120 Å². The molecule has 1 heterocycles. The average molecular weight is 318 g/mol. The summed E-state index contributed by atoms with van der Waals surface area (Å²) in [5, 5.41) is 0. The Morgan fingerprint density at radius 3 is 2.53 bits per heavy atom. The Bertz CT molecular complexity index is 619. The minimum Gasteiger partial charge on any atom is -0.281 e. The van der Waals surface area contributed by atoms with Crippen LogP contribution in [0.4, 0.5) is 4.39 Å². The second-order valence-electron chi connectivity index (χ2n) is 4.66. The summed E-state index contributed by atoms with van der Waals surface area (Å²) in [6.07, 6.45) is 1.78. The predicted molar refractivity (Wildman–Crippen MR) is 79.1 cm³/mol. The molecule has 0 radical (unpaired) electrons. The van der Waals surface area contributed by atoms with Gasteiger partial charge in [-0.15, -0.1) is 0 Å². The second kappa shape index (κ2) is 5.25. The highest BCUT2D eigenvalue weighted by Crippen LogP contribution is 2.32. The van der Waals surface area contributed by atoms with Gasteiger partial charge < -0.3 is 0 Å². The second-order valence-corrected chi connectivity index (χ2v) is 5.58. The number of nitrogens with zero attached hydrogens (tertiary/aromatic N) is 1. The molecule has 0 spiro atoms. The van der Waals surface area contributed by atoms with Gasteiger partial charge in [-0.25, -0.2) is 4.39 Å². The van der Waals surface area contributed by atoms with E-state index in [1.165, 1.54) is 11.6 Å². The lowest BCUT2D eigenvalue weighted by Gasteiger charge is -2.06. The van der Waals surface area contributed by atoms with Gasteiger partial charge in [0, 0.05) is 15.7 Å². The van der Waals surface area contributed by atoms with Crippen molar-refractivity contribution in [3.63, 3.8) is 0 Å². The lowest BCUT2D eigenvalue weighted by Crippen LogP contribution is -1.99. The maximum atomic E-state index is 13.7. The molecular formula is C16H13BrFN. The number of hydrogen-bond donors (Lipinski definition) is 0. The van der Waals surface area contributed by atoms with E-state index >= 15 is 0 Å². The van der Waals surface area contributed by atoms with Crippen LogP contribution in [0.3, 0.4) is 0 Å². The van der Waals surface area contributed by atoms with Crippen molar-refractivity contribution in [3.8, 4) is 0 Å². The highest BCUT2D eigenvalue weighted by Gasteiger charge is 2.21. The molecule has 0 amide bonds. The minimum atomic E-state index is -0.183. The third kappa shape index (κ3) is 2.61. The van der Waals surface area contributed by atoms with Gasteiger partial charge in [-0.3, -0.25) is 4.99 Å². The SMILES string of the molecule is Fc1ccccc1C1=NC(c2ccc(Br)cc2)CC1. The van der Waals surface area contributed by atoms with Gasteiger partial charge in [0.15, 0.2) is 0 Å². The van der Waals surface area contributed by atoms with Crippen LogP contribution in [0.25, 0.3) is 0 Å². The fourth-order valence-electron chi connectivity index (χ4n) is 2.42. The van der Waals surface area contributed by atoms with Gasteiger partial charge in [-0.05, 0) is 36.6 Å². The van der Waals surface area contributed by atoms with Gasteiger partial charge in [-0.1, -0.05) is 46.3 Å². The van der Waals surface area contributed by atoms with E-state index in [4.69, 9.17) is 0 Å². The normalized spacial score (nSPS) is 18.4. The van der Waals surface area contributed by atoms with E-state index in [2.05, 4.69) is 33.1 Å². The van der Waals surface area contributed by atoms with Crippen LogP contribution < -0.4 is 0 Å². The summed E-state index contributed by atoms with van der Waals surface area (Å²) in [5.41, 5.74) is 2.71. The van der Waals surface area contributed by atoms with Crippen LogP contribution in [0.2, 0.25) is 0 Å². The topological polar surface area (TPSA) is 12.4 Å². The molecule has 0 saturated carbocycles. The first-order valence-electron chi connectivity index (χ1n) is 6.31. The van der Waals surface area contributed by atoms with Gasteiger partial charge >= 0.3 is 0 Å². The lowest BCUT2D eigenvalue weighted by molar-refractivity contribution is 0.625. The van der Waals surface area contributed by atoms with Crippen LogP contribution in [0.5, 0.6) is 0 Å². The number of halogens is 2. The zero-order chi connectivity index (χ0) is 13.2. The molecular weight excluding hydrogens is 305 g/mol. The van der Waals surface area contributed by atoms with Crippen molar-refractivity contribution in [2.24, 2.45) is 4.99 Å². The largest absolute Gasteiger partial charge is 0.281 e. The predicted octanol–water partition coefficient (Wildman–Crippen LogP) is 4.91. The number of aliphatic imine (C=N–C) groups is 1. The standard InChI is InChI=1S/C16H13BrFN/c17-12-7-5-11(6-8-12)15-9-10-16(19-15)13-3-1-2-4-14(13)18/h1-8,15H,9-10H2. The highest BCUT2D eigenvalue weighted by atomic mass is 79.9. The Morgan fingerprint density at radius 1 is 1.05 bits per heavy atom. The quantitative estimate of drug-likeness (QED) is 0.746. The Kier molecular flexibility index (Phi) is 3.47. The number of benzene rings is 2. The Hall–Kier alpha value is -1.48. The molecule has 0 aliphatic carbocycles. The van der Waals surface area contributed by atoms with Crippen molar-refractivity contribution >= 4 is 21.6 Å². The van der Waals surface area contributed by atoms with Crippen LogP contribution in [0.1, 0.15) is 30.0 Å². The van der Waals surface area contributed by atoms with Gasteiger partial charge in [-0.2, -0.15) is 0 Å². The van der Waals surface area contributed by atoms with Crippen molar-refractivity contribution < 1.29 is 4.39 Å². The molecule has 0 saturated heterocycles. The van der Waals surface area contributed by atoms with E-state index in [-0.39, 0.29) is 11.9 Å². The summed E-state index contributed by atoms with van der Waals surface area (Å²) in [4.78, 5) is 4.68. The monoisotopic (exact) mass is 317 g/mol. The number of hydrogen-bond acceptors (Lipinski definition) is 1. The van der Waals surface area contributed by atoms with Gasteiger partial charge in [0.05, 0.1) is 6.04 Å². The molecule has 1 unspecified atom stereocenters. The Balaban J connectivity index is 1.89. The third-order valence-electron chi connectivity index (χ3n) is 3.41. The first-order chi connectivity index (χ1) is 9.24. The molecule has 3 rings (SSSR count). The molecule has 2 aromatic carbocycles. The summed E-state index contributed by atoms with van der Waals surface area (Å²) in [7, 11) is 0. The zero-order valence-electron chi connectivity index (χ0n) is 10.3.